The van der Waals surface area contributed by atoms with Crippen LogP contribution in [0, 0.1) is 6.92 Å². The van der Waals surface area contributed by atoms with Gasteiger partial charge in [0.05, 0.1) is 5.16 Å². The van der Waals surface area contributed by atoms with Crippen molar-refractivity contribution in [3.8, 4) is 5.75 Å². The maximum atomic E-state index is 6.39. The molecule has 1 aliphatic carbocycles. The Morgan fingerprint density at radius 2 is 1.45 bits per heavy atom. The number of benzene rings is 3. The Balaban J connectivity index is 2.06. The molecule has 0 saturated heterocycles. The second-order valence-electron chi connectivity index (χ2n) is 9.54. The van der Waals surface area contributed by atoms with Gasteiger partial charge in [-0.1, -0.05) is 112 Å². The van der Waals surface area contributed by atoms with Gasteiger partial charge in [-0.15, -0.1) is 0 Å². The highest BCUT2D eigenvalue weighted by molar-refractivity contribution is 7.74. The molecule has 3 heteroatoms. The van der Waals surface area contributed by atoms with E-state index in [0.717, 1.165) is 5.75 Å². The molecule has 33 heavy (non-hydrogen) atoms. The quantitative estimate of drug-likeness (QED) is 0.290. The molecule has 1 unspecified atom stereocenters. The van der Waals surface area contributed by atoms with Crippen LogP contribution >= 0.6 is 7.92 Å². The van der Waals surface area contributed by atoms with E-state index < -0.39 is 7.92 Å². The molecule has 2 nitrogen and oxygen atoms in total. The minimum Gasteiger partial charge on any atom is -0.467 e. The average molecular weight is 457 g/mol. The van der Waals surface area contributed by atoms with E-state index in [1.807, 2.05) is 0 Å². The van der Waals surface area contributed by atoms with E-state index in [9.17, 15) is 0 Å². The van der Waals surface area contributed by atoms with Crippen molar-refractivity contribution in [2.45, 2.75) is 38.3 Å². The molecule has 4 rings (SSSR count). The van der Waals surface area contributed by atoms with Crippen molar-refractivity contribution in [2.24, 2.45) is 0 Å². The predicted octanol–water partition coefficient (Wildman–Crippen LogP) is 6.73. The zero-order valence-corrected chi connectivity index (χ0v) is 21.1. The molecule has 170 valence electrons. The Hall–Kier alpha value is -2.67. The number of hydrogen-bond acceptors (Lipinski definition) is 2. The lowest BCUT2D eigenvalue weighted by atomic mass is 9.85. The van der Waals surface area contributed by atoms with Gasteiger partial charge >= 0.3 is 0 Å². The highest BCUT2D eigenvalue weighted by Crippen LogP contribution is 2.59. The van der Waals surface area contributed by atoms with E-state index in [0.29, 0.717) is 0 Å². The first-order valence-corrected chi connectivity index (χ1v) is 12.8. The third kappa shape index (κ3) is 4.69. The van der Waals surface area contributed by atoms with Gasteiger partial charge in [-0.25, -0.2) is 0 Å². The maximum Gasteiger partial charge on any atom is 0.188 e. The van der Waals surface area contributed by atoms with Gasteiger partial charge in [-0.3, -0.25) is 0 Å². The molecule has 0 amide bonds. The van der Waals surface area contributed by atoms with Crippen molar-refractivity contribution in [1.82, 2.24) is 0 Å². The molecule has 1 aliphatic rings. The van der Waals surface area contributed by atoms with Crippen LogP contribution in [-0.2, 0) is 15.3 Å². The smallest absolute Gasteiger partial charge is 0.188 e. The Kier molecular flexibility index (Phi) is 6.88. The fraction of sp³-hybridized carbons (Fsp3) is 0.267. The van der Waals surface area contributed by atoms with Crippen LogP contribution in [0.15, 0.2) is 97.1 Å². The number of aryl methyl sites for hydroxylation is 1. The first-order chi connectivity index (χ1) is 15.9. The Morgan fingerprint density at radius 1 is 0.848 bits per heavy atom. The van der Waals surface area contributed by atoms with Gasteiger partial charge in [-0.05, 0) is 42.8 Å². The van der Waals surface area contributed by atoms with E-state index >= 15 is 0 Å². The molecule has 0 aromatic heterocycles. The molecular weight excluding hydrogens is 423 g/mol. The molecule has 0 fully saturated rings. The molecule has 3 aromatic carbocycles. The van der Waals surface area contributed by atoms with Crippen LogP contribution in [-0.4, -0.2) is 13.9 Å². The molecule has 3 aromatic rings. The van der Waals surface area contributed by atoms with E-state index in [-0.39, 0.29) is 17.4 Å². The summed E-state index contributed by atoms with van der Waals surface area (Å²) in [5.74, 6) is 0.953. The number of hydrogen-bond donors (Lipinski definition) is 0. The van der Waals surface area contributed by atoms with Gasteiger partial charge in [-0.2, -0.15) is 0 Å². The van der Waals surface area contributed by atoms with Crippen LogP contribution in [0.25, 0.3) is 0 Å². The van der Waals surface area contributed by atoms with Crippen molar-refractivity contribution >= 4 is 18.5 Å². The van der Waals surface area contributed by atoms with Crippen LogP contribution in [0.2, 0.25) is 0 Å². The van der Waals surface area contributed by atoms with Crippen LogP contribution in [0.4, 0.5) is 0 Å². The molecule has 0 N–H and O–H groups in total. The summed E-state index contributed by atoms with van der Waals surface area (Å²) in [5, 5.41) is 2.31. The minimum atomic E-state index is -0.884. The number of rotatable bonds is 7. The fourth-order valence-corrected chi connectivity index (χ4v) is 7.68. The van der Waals surface area contributed by atoms with Crippen molar-refractivity contribution in [3.63, 3.8) is 0 Å². The molecule has 0 spiro atoms. The highest BCUT2D eigenvalue weighted by atomic mass is 31.1. The van der Waals surface area contributed by atoms with Gasteiger partial charge < -0.3 is 9.47 Å². The largest absolute Gasteiger partial charge is 0.467 e. The zero-order valence-electron chi connectivity index (χ0n) is 20.2. The summed E-state index contributed by atoms with van der Waals surface area (Å²) in [6.45, 7) is 9.16. The minimum absolute atomic E-state index is 0.0667. The first-order valence-electron chi connectivity index (χ1n) is 11.4. The van der Waals surface area contributed by atoms with Crippen LogP contribution in [0.1, 0.15) is 37.5 Å². The number of ether oxygens (including phenoxy) is 2. The average Bonchev–Trinajstić information content (AvgIpc) is 3.30. The topological polar surface area (TPSA) is 18.5 Å². The van der Waals surface area contributed by atoms with E-state index in [1.54, 1.807) is 7.11 Å². The first kappa shape index (κ1) is 23.5. The standard InChI is InChI=1S/C30H33O2P/c1-23-20-26(29(2,3)4)28(32-22-31-5)27(21-23)33(25-16-10-7-11-17-25)30(18-12-13-19-30)24-14-8-6-9-15-24/h6-21H,22H2,1-5H3. The number of allylic oxidation sites excluding steroid dienone is 4. The molecule has 0 heterocycles. The van der Waals surface area contributed by atoms with E-state index in [1.165, 1.54) is 27.3 Å². The lowest BCUT2D eigenvalue weighted by Gasteiger charge is -2.38. The summed E-state index contributed by atoms with van der Waals surface area (Å²) in [6.07, 6.45) is 9.09. The van der Waals surface area contributed by atoms with Crippen molar-refractivity contribution < 1.29 is 9.47 Å². The fourth-order valence-electron chi connectivity index (χ4n) is 4.51. The summed E-state index contributed by atoms with van der Waals surface area (Å²) < 4.78 is 11.8. The third-order valence-corrected chi connectivity index (χ3v) is 8.94. The van der Waals surface area contributed by atoms with Crippen LogP contribution < -0.4 is 15.3 Å². The highest BCUT2D eigenvalue weighted by Gasteiger charge is 2.41. The van der Waals surface area contributed by atoms with Crippen molar-refractivity contribution in [1.29, 1.82) is 0 Å². The molecule has 0 saturated carbocycles. The normalized spacial score (nSPS) is 15.5. The zero-order chi connectivity index (χ0) is 23.5. The molecule has 0 radical (unpaired) electrons. The number of methoxy groups -OCH3 is 1. The Bertz CT molecular complexity index is 1130. The van der Waals surface area contributed by atoms with Gasteiger partial charge in [0, 0.05) is 18.0 Å². The molecule has 0 aliphatic heterocycles. The predicted molar refractivity (Wildman–Crippen MR) is 141 cm³/mol. The second kappa shape index (κ2) is 9.67. The Labute approximate surface area is 199 Å². The van der Waals surface area contributed by atoms with Gasteiger partial charge in [0.2, 0.25) is 0 Å². The van der Waals surface area contributed by atoms with Crippen molar-refractivity contribution in [2.75, 3.05) is 13.9 Å². The van der Waals surface area contributed by atoms with Gasteiger partial charge in [0.1, 0.15) is 5.75 Å². The van der Waals surface area contributed by atoms with Gasteiger partial charge in [0.25, 0.3) is 0 Å². The Morgan fingerprint density at radius 3 is 2.03 bits per heavy atom. The van der Waals surface area contributed by atoms with Crippen LogP contribution in [0.5, 0.6) is 5.75 Å². The van der Waals surface area contributed by atoms with E-state index in [2.05, 4.69) is 125 Å². The summed E-state index contributed by atoms with van der Waals surface area (Å²) in [5.41, 5.74) is 3.69. The molecular formula is C30H33O2P. The summed E-state index contributed by atoms with van der Waals surface area (Å²) in [7, 11) is 0.795. The van der Waals surface area contributed by atoms with E-state index in [4.69, 9.17) is 9.47 Å². The summed E-state index contributed by atoms with van der Waals surface area (Å²) in [4.78, 5) is 0. The summed E-state index contributed by atoms with van der Waals surface area (Å²) in [6, 6.07) is 26.3. The van der Waals surface area contributed by atoms with Crippen LogP contribution in [0.3, 0.4) is 0 Å². The lowest BCUT2D eigenvalue weighted by Crippen LogP contribution is -2.31. The molecule has 0 bridgehead atoms. The van der Waals surface area contributed by atoms with Gasteiger partial charge in [0.15, 0.2) is 6.79 Å². The molecule has 1 atom stereocenters. The lowest BCUT2D eigenvalue weighted by molar-refractivity contribution is 0.0506. The SMILES string of the molecule is COCOc1c(P(c2ccccc2)C2(c3ccccc3)C=CC=C2)cc(C)cc1C(C)(C)C. The third-order valence-electron chi connectivity index (χ3n) is 6.02. The monoisotopic (exact) mass is 456 g/mol. The maximum absolute atomic E-state index is 6.39. The summed E-state index contributed by atoms with van der Waals surface area (Å²) >= 11 is 0. The van der Waals surface area contributed by atoms with Crippen molar-refractivity contribution in [3.05, 3.63) is 114 Å². The second-order valence-corrected chi connectivity index (χ2v) is 12.0.